The van der Waals surface area contributed by atoms with Crippen molar-refractivity contribution in [2.45, 2.75) is 32.2 Å². The van der Waals surface area contributed by atoms with Crippen molar-refractivity contribution in [1.29, 1.82) is 0 Å². The Morgan fingerprint density at radius 1 is 1.19 bits per heavy atom. The smallest absolute Gasteiger partial charge is 0.253 e. The molecule has 11 heteroatoms. The van der Waals surface area contributed by atoms with Crippen LogP contribution in [-0.2, 0) is 9.84 Å². The van der Waals surface area contributed by atoms with Crippen molar-refractivity contribution >= 4 is 26.8 Å². The van der Waals surface area contributed by atoms with Crippen LogP contribution < -0.4 is 10.1 Å². The van der Waals surface area contributed by atoms with E-state index >= 15 is 0 Å². The first-order valence-corrected chi connectivity index (χ1v) is 13.4. The Hall–Kier alpha value is -3.86. The molecule has 8 nitrogen and oxygen atoms in total. The lowest BCUT2D eigenvalue weighted by molar-refractivity contribution is 0.0860. The molecule has 2 aromatic heterocycles. The number of sulfone groups is 1. The number of aromatic nitrogens is 3. The van der Waals surface area contributed by atoms with Crippen LogP contribution in [-0.4, -0.2) is 52.5 Å². The number of nitrogens with zero attached hydrogens (tertiary/aromatic N) is 3. The van der Waals surface area contributed by atoms with Crippen LogP contribution in [0.4, 0.5) is 8.78 Å². The molecular weight excluding hydrogens is 502 g/mol. The molecule has 0 spiro atoms. The van der Waals surface area contributed by atoms with Gasteiger partial charge in [0.2, 0.25) is 6.36 Å². The Morgan fingerprint density at radius 2 is 1.95 bits per heavy atom. The van der Waals surface area contributed by atoms with Gasteiger partial charge in [0, 0.05) is 18.7 Å². The van der Waals surface area contributed by atoms with E-state index in [0.29, 0.717) is 40.1 Å². The second-order valence-electron chi connectivity index (χ2n) is 9.37. The largest absolute Gasteiger partial charge is 0.461 e. The van der Waals surface area contributed by atoms with E-state index in [4.69, 9.17) is 4.74 Å². The Morgan fingerprint density at radius 3 is 2.62 bits per heavy atom. The van der Waals surface area contributed by atoms with Crippen LogP contribution >= 0.6 is 0 Å². The van der Waals surface area contributed by atoms with Crippen LogP contribution in [0.1, 0.15) is 30.6 Å². The van der Waals surface area contributed by atoms with E-state index in [0.717, 1.165) is 0 Å². The summed E-state index contributed by atoms with van der Waals surface area (Å²) in [5.41, 5.74) is 1.88. The molecule has 37 heavy (non-hydrogen) atoms. The molecular formula is C26H24F2N4O4S. The summed E-state index contributed by atoms with van der Waals surface area (Å²) in [6.07, 6.45) is 0.221. The van der Waals surface area contributed by atoms with Crippen LogP contribution in [0.5, 0.6) is 5.75 Å². The zero-order chi connectivity index (χ0) is 26.4. The van der Waals surface area contributed by atoms with Crippen molar-refractivity contribution in [3.63, 3.8) is 0 Å². The van der Waals surface area contributed by atoms with Gasteiger partial charge < -0.3 is 10.1 Å². The van der Waals surface area contributed by atoms with E-state index in [1.165, 1.54) is 25.3 Å². The highest BCUT2D eigenvalue weighted by Gasteiger charge is 2.39. The van der Waals surface area contributed by atoms with Gasteiger partial charge in [-0.05, 0) is 55.8 Å². The number of carbonyl (C=O) groups excluding carboxylic acids is 1. The third kappa shape index (κ3) is 5.17. The van der Waals surface area contributed by atoms with Gasteiger partial charge in [-0.15, -0.1) is 0 Å². The molecule has 0 aliphatic carbocycles. The van der Waals surface area contributed by atoms with Gasteiger partial charge in [0.1, 0.15) is 22.8 Å². The van der Waals surface area contributed by atoms with Crippen molar-refractivity contribution in [2.75, 3.05) is 11.5 Å². The van der Waals surface area contributed by atoms with Gasteiger partial charge in [0.15, 0.2) is 9.84 Å². The second kappa shape index (κ2) is 9.22. The minimum atomic E-state index is -3.21. The number of pyridine rings is 1. The predicted octanol–water partition coefficient (Wildman–Crippen LogP) is 4.23. The summed E-state index contributed by atoms with van der Waals surface area (Å²) in [6.45, 7) is 2.98. The fraction of sp³-hybridized carbons (Fsp3) is 0.269. The molecule has 1 N–H and O–H groups in total. The van der Waals surface area contributed by atoms with E-state index in [-0.39, 0.29) is 17.1 Å². The van der Waals surface area contributed by atoms with Crippen LogP contribution in [0, 0.1) is 5.82 Å². The van der Waals surface area contributed by atoms with Crippen LogP contribution in [0.25, 0.3) is 28.0 Å². The molecule has 1 aliphatic heterocycles. The van der Waals surface area contributed by atoms with Crippen molar-refractivity contribution in [2.24, 2.45) is 0 Å². The first-order valence-electron chi connectivity index (χ1n) is 11.6. The fourth-order valence-electron chi connectivity index (χ4n) is 4.46. The molecule has 0 saturated carbocycles. The van der Waals surface area contributed by atoms with Gasteiger partial charge in [-0.25, -0.2) is 21.9 Å². The van der Waals surface area contributed by atoms with E-state index in [1.807, 2.05) is 0 Å². The molecule has 2 aromatic carbocycles. The quantitative estimate of drug-likeness (QED) is 0.403. The van der Waals surface area contributed by atoms with Crippen molar-refractivity contribution < 1.29 is 26.7 Å². The highest BCUT2D eigenvalue weighted by molar-refractivity contribution is 7.91. The maximum Gasteiger partial charge on any atom is 0.253 e. The van der Waals surface area contributed by atoms with Crippen LogP contribution in [0.15, 0.2) is 60.8 Å². The van der Waals surface area contributed by atoms with Crippen LogP contribution in [0.2, 0.25) is 0 Å². The number of nitrogens with one attached hydrogen (secondary N) is 1. The summed E-state index contributed by atoms with van der Waals surface area (Å²) in [7, 11) is -3.21. The Balaban J connectivity index is 1.59. The van der Waals surface area contributed by atoms with E-state index in [1.54, 1.807) is 54.1 Å². The molecule has 192 valence electrons. The monoisotopic (exact) mass is 526 g/mol. The minimum Gasteiger partial charge on any atom is -0.461 e. The van der Waals surface area contributed by atoms with E-state index in [9.17, 15) is 22.0 Å². The van der Waals surface area contributed by atoms with Crippen molar-refractivity contribution in [3.8, 4) is 22.7 Å². The number of benzene rings is 2. The topological polar surface area (TPSA) is 103 Å². The molecule has 1 amide bonds. The van der Waals surface area contributed by atoms with Gasteiger partial charge >= 0.3 is 0 Å². The number of carbonyl (C=O) groups is 1. The third-order valence-electron chi connectivity index (χ3n) is 6.18. The average Bonchev–Trinajstić information content (AvgIpc) is 3.35. The summed E-state index contributed by atoms with van der Waals surface area (Å²) in [5.74, 6) is -0.674. The summed E-state index contributed by atoms with van der Waals surface area (Å²) in [6, 6.07) is 14.0. The first kappa shape index (κ1) is 24.8. The van der Waals surface area contributed by atoms with Gasteiger partial charge in [0.05, 0.1) is 33.8 Å². The standard InChI is InChI=1S/C26H24F2N4O4S/c1-16(27)36-21-5-3-4-17(12-21)23-24-22(32(31-23)20-8-6-19(28)7-9-20)13-18(14-29-24)25(33)30-26(2)10-11-37(34,35)15-26/h3-9,12-14,16H,10-11,15H2,1-2H3,(H,30,33)/t16?,26-/m0/s1. The fourth-order valence-corrected chi connectivity index (χ4v) is 6.55. The molecule has 4 aromatic rings. The van der Waals surface area contributed by atoms with Crippen LogP contribution in [0.3, 0.4) is 0 Å². The Kier molecular flexibility index (Phi) is 6.18. The minimum absolute atomic E-state index is 0.0196. The third-order valence-corrected chi connectivity index (χ3v) is 8.08. The number of hydrogen-bond acceptors (Lipinski definition) is 6. The molecule has 1 fully saturated rings. The highest BCUT2D eigenvalue weighted by Crippen LogP contribution is 2.32. The number of ether oxygens (including phenoxy) is 1. The molecule has 3 heterocycles. The number of fused-ring (bicyclic) bond motifs is 1. The summed E-state index contributed by atoms with van der Waals surface area (Å²) in [5, 5.41) is 7.52. The lowest BCUT2D eigenvalue weighted by atomic mass is 10.0. The van der Waals surface area contributed by atoms with Gasteiger partial charge in [0.25, 0.3) is 5.91 Å². The predicted molar refractivity (Wildman–Crippen MR) is 135 cm³/mol. The Bertz CT molecular complexity index is 1600. The van der Waals surface area contributed by atoms with E-state index < -0.39 is 33.5 Å². The van der Waals surface area contributed by atoms with Gasteiger partial charge in [-0.2, -0.15) is 5.10 Å². The average molecular weight is 527 g/mol. The van der Waals surface area contributed by atoms with E-state index in [2.05, 4.69) is 15.4 Å². The summed E-state index contributed by atoms with van der Waals surface area (Å²) < 4.78 is 57.6. The number of alkyl halides is 1. The number of amides is 1. The normalized spacial score (nSPS) is 19.6. The second-order valence-corrected chi connectivity index (χ2v) is 11.6. The maximum absolute atomic E-state index is 13.6. The summed E-state index contributed by atoms with van der Waals surface area (Å²) >= 11 is 0. The lowest BCUT2D eigenvalue weighted by Gasteiger charge is -2.23. The number of rotatable bonds is 6. The number of hydrogen-bond donors (Lipinski definition) is 1. The molecule has 0 radical (unpaired) electrons. The lowest BCUT2D eigenvalue weighted by Crippen LogP contribution is -2.46. The zero-order valence-electron chi connectivity index (χ0n) is 20.1. The Labute approximate surface area is 212 Å². The molecule has 0 bridgehead atoms. The molecule has 1 saturated heterocycles. The highest BCUT2D eigenvalue weighted by atomic mass is 32.2. The SMILES string of the molecule is CC(F)Oc1cccc(-c2nn(-c3ccc(F)cc3)c3cc(C(=O)N[C@@]4(C)CCS(=O)(=O)C4)cnc23)c1. The maximum atomic E-state index is 13.6. The zero-order valence-corrected chi connectivity index (χ0v) is 20.9. The molecule has 2 atom stereocenters. The molecule has 1 aliphatic rings. The summed E-state index contributed by atoms with van der Waals surface area (Å²) in [4.78, 5) is 17.6. The first-order chi connectivity index (χ1) is 17.5. The van der Waals surface area contributed by atoms with Gasteiger partial charge in [-0.1, -0.05) is 12.1 Å². The van der Waals surface area contributed by atoms with Crippen molar-refractivity contribution in [1.82, 2.24) is 20.1 Å². The van der Waals surface area contributed by atoms with Crippen molar-refractivity contribution in [3.05, 3.63) is 72.2 Å². The molecule has 5 rings (SSSR count). The molecule has 1 unspecified atom stereocenters. The van der Waals surface area contributed by atoms with Gasteiger partial charge in [-0.3, -0.25) is 9.78 Å². The number of halogens is 2.